The molecule has 1 aliphatic rings. The number of halogens is 1. The predicted molar refractivity (Wildman–Crippen MR) is 80.0 cm³/mol. The van der Waals surface area contributed by atoms with Gasteiger partial charge in [0.25, 0.3) is 5.69 Å². The van der Waals surface area contributed by atoms with Crippen molar-refractivity contribution in [2.45, 2.75) is 39.2 Å². The number of ether oxygens (including phenoxy) is 1. The molecule has 0 aromatic heterocycles. The number of benzene rings is 1. The van der Waals surface area contributed by atoms with Gasteiger partial charge in [-0.2, -0.15) is 0 Å². The smallest absolute Gasteiger partial charge is 0.414 e. The normalized spacial score (nSPS) is 14.6. The van der Waals surface area contributed by atoms with Crippen molar-refractivity contribution in [1.82, 2.24) is 0 Å². The van der Waals surface area contributed by atoms with Crippen LogP contribution in [0.4, 0.5) is 16.2 Å². The van der Waals surface area contributed by atoms with Gasteiger partial charge in [0.05, 0.1) is 21.2 Å². The Kier molecular flexibility index (Phi) is 4.09. The molecule has 2 rings (SSSR count). The molecule has 6 nitrogen and oxygen atoms in total. The third kappa shape index (κ3) is 3.26. The molecule has 0 fully saturated rings. The van der Waals surface area contributed by atoms with Gasteiger partial charge in [0, 0.05) is 12.6 Å². The molecule has 0 spiro atoms. The molecule has 1 amide bonds. The van der Waals surface area contributed by atoms with E-state index in [2.05, 4.69) is 0 Å². The lowest BCUT2D eigenvalue weighted by atomic mass is 10.00. The maximum atomic E-state index is 12.3. The summed E-state index contributed by atoms with van der Waals surface area (Å²) in [6, 6.07) is 2.82. The third-order valence-corrected chi connectivity index (χ3v) is 3.40. The first-order chi connectivity index (χ1) is 9.70. The van der Waals surface area contributed by atoms with E-state index >= 15 is 0 Å². The van der Waals surface area contributed by atoms with E-state index in [1.54, 1.807) is 20.8 Å². The van der Waals surface area contributed by atoms with Gasteiger partial charge in [0.15, 0.2) is 0 Å². The Morgan fingerprint density at radius 2 is 2.10 bits per heavy atom. The van der Waals surface area contributed by atoms with Crippen LogP contribution in [0.3, 0.4) is 0 Å². The van der Waals surface area contributed by atoms with E-state index in [1.807, 2.05) is 0 Å². The molecule has 0 N–H and O–H groups in total. The second-order valence-corrected chi connectivity index (χ2v) is 6.29. The molecule has 1 aromatic carbocycles. The van der Waals surface area contributed by atoms with Crippen LogP contribution in [-0.2, 0) is 11.2 Å². The van der Waals surface area contributed by atoms with Crippen molar-refractivity contribution in [2.75, 3.05) is 11.4 Å². The molecular formula is C14H17ClN2O4. The number of hydrogen-bond donors (Lipinski definition) is 0. The van der Waals surface area contributed by atoms with Crippen molar-refractivity contribution >= 4 is 29.1 Å². The van der Waals surface area contributed by atoms with Crippen LogP contribution in [0.2, 0.25) is 5.02 Å². The van der Waals surface area contributed by atoms with Crippen LogP contribution >= 0.6 is 11.6 Å². The van der Waals surface area contributed by atoms with Gasteiger partial charge in [-0.25, -0.2) is 4.79 Å². The number of rotatable bonds is 1. The van der Waals surface area contributed by atoms with Gasteiger partial charge in [-0.05, 0) is 39.7 Å². The van der Waals surface area contributed by atoms with E-state index in [-0.39, 0.29) is 5.69 Å². The van der Waals surface area contributed by atoms with Crippen molar-refractivity contribution in [1.29, 1.82) is 0 Å². The van der Waals surface area contributed by atoms with Crippen LogP contribution in [0.1, 0.15) is 32.8 Å². The fourth-order valence-electron chi connectivity index (χ4n) is 2.33. The number of amides is 1. The molecule has 1 aromatic rings. The van der Waals surface area contributed by atoms with E-state index in [0.29, 0.717) is 35.7 Å². The zero-order valence-corrected chi connectivity index (χ0v) is 12.9. The number of hydrogen-bond acceptors (Lipinski definition) is 4. The molecule has 0 unspecified atom stereocenters. The summed E-state index contributed by atoms with van der Waals surface area (Å²) in [7, 11) is 0. The van der Waals surface area contributed by atoms with E-state index in [4.69, 9.17) is 16.3 Å². The molecule has 0 radical (unpaired) electrons. The van der Waals surface area contributed by atoms with Gasteiger partial charge in [0.1, 0.15) is 5.60 Å². The Morgan fingerprint density at radius 1 is 1.43 bits per heavy atom. The molecule has 1 heterocycles. The van der Waals surface area contributed by atoms with Gasteiger partial charge in [-0.15, -0.1) is 0 Å². The Morgan fingerprint density at radius 3 is 2.67 bits per heavy atom. The summed E-state index contributed by atoms with van der Waals surface area (Å²) in [5.41, 5.74) is 0.237. The Balaban J connectivity index is 2.46. The summed E-state index contributed by atoms with van der Waals surface area (Å²) in [5, 5.41) is 11.4. The second kappa shape index (κ2) is 5.52. The lowest BCUT2D eigenvalue weighted by Gasteiger charge is -2.32. The minimum Gasteiger partial charge on any atom is -0.443 e. The van der Waals surface area contributed by atoms with Crippen LogP contribution in [0.5, 0.6) is 0 Å². The van der Waals surface area contributed by atoms with E-state index in [0.717, 1.165) is 0 Å². The summed E-state index contributed by atoms with van der Waals surface area (Å²) in [6.45, 7) is 5.74. The van der Waals surface area contributed by atoms with Crippen LogP contribution < -0.4 is 4.90 Å². The number of anilines is 1. The first-order valence-electron chi connectivity index (χ1n) is 6.67. The van der Waals surface area contributed by atoms with Gasteiger partial charge in [0.2, 0.25) is 0 Å². The fourth-order valence-corrected chi connectivity index (χ4v) is 2.61. The number of nitrogens with zero attached hydrogens (tertiary/aromatic N) is 2. The average Bonchev–Trinajstić information content (AvgIpc) is 2.36. The highest BCUT2D eigenvalue weighted by Gasteiger charge is 2.32. The van der Waals surface area contributed by atoms with Gasteiger partial charge < -0.3 is 4.74 Å². The van der Waals surface area contributed by atoms with Crippen molar-refractivity contribution in [3.63, 3.8) is 0 Å². The van der Waals surface area contributed by atoms with Crippen LogP contribution in [0.15, 0.2) is 12.1 Å². The highest BCUT2D eigenvalue weighted by molar-refractivity contribution is 6.34. The van der Waals surface area contributed by atoms with Gasteiger partial charge in [-0.1, -0.05) is 11.6 Å². The summed E-state index contributed by atoms with van der Waals surface area (Å²) >= 11 is 6.16. The summed E-state index contributed by atoms with van der Waals surface area (Å²) < 4.78 is 5.35. The van der Waals surface area contributed by atoms with Crippen LogP contribution in [0, 0.1) is 10.1 Å². The highest BCUT2D eigenvalue weighted by Crippen LogP contribution is 2.40. The van der Waals surface area contributed by atoms with Crippen molar-refractivity contribution < 1.29 is 14.5 Å². The molecule has 7 heteroatoms. The van der Waals surface area contributed by atoms with Crippen LogP contribution in [0.25, 0.3) is 0 Å². The van der Waals surface area contributed by atoms with Crippen LogP contribution in [-0.4, -0.2) is 23.2 Å². The standard InChI is InChI=1S/C14H17ClN2O4/c1-14(2,3)21-13(18)16-8-4-5-9-11(17(19)20)7-6-10(15)12(9)16/h6-7H,4-5,8H2,1-3H3. The number of fused-ring (bicyclic) bond motifs is 1. The van der Waals surface area contributed by atoms with Crippen molar-refractivity contribution in [3.05, 3.63) is 32.8 Å². The second-order valence-electron chi connectivity index (χ2n) is 5.89. The molecule has 0 atom stereocenters. The summed E-state index contributed by atoms with van der Waals surface area (Å²) in [4.78, 5) is 24.3. The molecular weight excluding hydrogens is 296 g/mol. The molecule has 1 aliphatic heterocycles. The Labute approximate surface area is 127 Å². The number of nitro benzene ring substituents is 1. The molecule has 114 valence electrons. The molecule has 0 aliphatic carbocycles. The number of carbonyl (C=O) groups is 1. The summed E-state index contributed by atoms with van der Waals surface area (Å²) in [5.74, 6) is 0. The molecule has 0 bridgehead atoms. The fraction of sp³-hybridized carbons (Fsp3) is 0.500. The first kappa shape index (κ1) is 15.6. The van der Waals surface area contributed by atoms with E-state index in [1.165, 1.54) is 17.0 Å². The highest BCUT2D eigenvalue weighted by atomic mass is 35.5. The number of carbonyl (C=O) groups excluding carboxylic acids is 1. The molecule has 21 heavy (non-hydrogen) atoms. The zero-order chi connectivity index (χ0) is 15.8. The van der Waals surface area contributed by atoms with Crippen molar-refractivity contribution in [3.8, 4) is 0 Å². The lowest BCUT2D eigenvalue weighted by Crippen LogP contribution is -2.40. The Hall–Kier alpha value is -1.82. The lowest BCUT2D eigenvalue weighted by molar-refractivity contribution is -0.385. The third-order valence-electron chi connectivity index (χ3n) is 3.10. The van der Waals surface area contributed by atoms with Gasteiger partial charge >= 0.3 is 6.09 Å². The number of nitro groups is 1. The zero-order valence-electron chi connectivity index (χ0n) is 12.2. The summed E-state index contributed by atoms with van der Waals surface area (Å²) in [6.07, 6.45) is 0.615. The predicted octanol–water partition coefficient (Wildman–Crippen LogP) is 3.94. The average molecular weight is 313 g/mol. The monoisotopic (exact) mass is 312 g/mol. The van der Waals surface area contributed by atoms with E-state index in [9.17, 15) is 14.9 Å². The maximum absolute atomic E-state index is 12.3. The van der Waals surface area contributed by atoms with E-state index < -0.39 is 16.6 Å². The molecule has 0 saturated heterocycles. The van der Waals surface area contributed by atoms with Gasteiger partial charge in [-0.3, -0.25) is 15.0 Å². The largest absolute Gasteiger partial charge is 0.443 e. The SMILES string of the molecule is CC(C)(C)OC(=O)N1CCCc2c([N+](=O)[O-])ccc(Cl)c21. The quantitative estimate of drug-likeness (QED) is 0.581. The Bertz CT molecular complexity index is 595. The van der Waals surface area contributed by atoms with Crippen molar-refractivity contribution in [2.24, 2.45) is 0 Å². The molecule has 0 saturated carbocycles. The topological polar surface area (TPSA) is 72.7 Å². The maximum Gasteiger partial charge on any atom is 0.414 e. The first-order valence-corrected chi connectivity index (χ1v) is 7.05. The minimum atomic E-state index is -0.637. The minimum absolute atomic E-state index is 0.0114.